The summed E-state index contributed by atoms with van der Waals surface area (Å²) in [5.41, 5.74) is 3.12. The van der Waals surface area contributed by atoms with Crippen molar-refractivity contribution in [3.8, 4) is 0 Å². The van der Waals surface area contributed by atoms with E-state index in [1.807, 2.05) is 24.3 Å². The van der Waals surface area contributed by atoms with Crippen molar-refractivity contribution >= 4 is 28.8 Å². The Labute approximate surface area is 162 Å². The minimum absolute atomic E-state index is 0.147. The molecule has 0 radical (unpaired) electrons. The summed E-state index contributed by atoms with van der Waals surface area (Å²) in [7, 11) is 0. The van der Waals surface area contributed by atoms with Gasteiger partial charge in [-0.15, -0.1) is 0 Å². The van der Waals surface area contributed by atoms with E-state index in [1.54, 1.807) is 0 Å². The molecule has 2 N–H and O–H groups in total. The van der Waals surface area contributed by atoms with Crippen LogP contribution in [0.3, 0.4) is 0 Å². The fourth-order valence-electron chi connectivity index (χ4n) is 3.60. The molecule has 1 aromatic carbocycles. The van der Waals surface area contributed by atoms with Gasteiger partial charge in [0.15, 0.2) is 6.61 Å². The van der Waals surface area contributed by atoms with Crippen LogP contribution in [0.4, 0.5) is 4.79 Å². The number of carbonyl (C=O) groups excluding carboxylic acids is 3. The second-order valence-electron chi connectivity index (χ2n) is 7.36. The third-order valence-corrected chi connectivity index (χ3v) is 5.12. The van der Waals surface area contributed by atoms with Crippen molar-refractivity contribution in [3.05, 3.63) is 41.1 Å². The molecular weight excluding hydrogens is 358 g/mol. The number of imide groups is 1. The first-order chi connectivity index (χ1) is 13.6. The first-order valence-corrected chi connectivity index (χ1v) is 9.80. The summed E-state index contributed by atoms with van der Waals surface area (Å²) in [6.45, 7) is -0.498. The van der Waals surface area contributed by atoms with Gasteiger partial charge >= 0.3 is 12.0 Å². The van der Waals surface area contributed by atoms with Crippen LogP contribution < -0.4 is 10.6 Å². The SMILES string of the molecule is O=C(COC(=O)c1c2c(nc3ccccc13)CCCCC2)NC(=O)NC1CC1. The summed E-state index contributed by atoms with van der Waals surface area (Å²) in [6.07, 6.45) is 6.60. The van der Waals surface area contributed by atoms with E-state index < -0.39 is 24.5 Å². The van der Waals surface area contributed by atoms with Crippen molar-refractivity contribution in [2.45, 2.75) is 51.0 Å². The minimum Gasteiger partial charge on any atom is -0.452 e. The third-order valence-electron chi connectivity index (χ3n) is 5.12. The molecule has 1 heterocycles. The van der Waals surface area contributed by atoms with Gasteiger partial charge in [-0.2, -0.15) is 0 Å². The summed E-state index contributed by atoms with van der Waals surface area (Å²) in [5, 5.41) is 5.58. The largest absolute Gasteiger partial charge is 0.452 e. The Morgan fingerprint density at radius 1 is 1.07 bits per heavy atom. The van der Waals surface area contributed by atoms with E-state index in [-0.39, 0.29) is 6.04 Å². The van der Waals surface area contributed by atoms with Gasteiger partial charge in [0.1, 0.15) is 0 Å². The van der Waals surface area contributed by atoms with Crippen LogP contribution in [0.5, 0.6) is 0 Å². The first-order valence-electron chi connectivity index (χ1n) is 9.80. The van der Waals surface area contributed by atoms with Crippen molar-refractivity contribution in [1.29, 1.82) is 0 Å². The van der Waals surface area contributed by atoms with Gasteiger partial charge in [-0.3, -0.25) is 15.1 Å². The molecule has 0 unspecified atom stereocenters. The van der Waals surface area contributed by atoms with Crippen LogP contribution in [0, 0.1) is 0 Å². The number of esters is 1. The van der Waals surface area contributed by atoms with E-state index in [0.717, 1.165) is 67.1 Å². The molecule has 3 amide bonds. The number of amides is 3. The van der Waals surface area contributed by atoms with Gasteiger partial charge in [-0.05, 0) is 50.2 Å². The lowest BCUT2D eigenvalue weighted by atomic mass is 9.97. The normalized spacial score (nSPS) is 16.0. The van der Waals surface area contributed by atoms with Gasteiger partial charge in [0, 0.05) is 17.1 Å². The zero-order valence-electron chi connectivity index (χ0n) is 15.6. The number of fused-ring (bicyclic) bond motifs is 2. The van der Waals surface area contributed by atoms with Crippen LogP contribution >= 0.6 is 0 Å². The highest BCUT2D eigenvalue weighted by atomic mass is 16.5. The molecule has 7 nitrogen and oxygen atoms in total. The highest BCUT2D eigenvalue weighted by molar-refractivity contribution is 6.06. The van der Waals surface area contributed by atoms with Gasteiger partial charge < -0.3 is 10.1 Å². The van der Waals surface area contributed by atoms with Crippen molar-refractivity contribution in [1.82, 2.24) is 15.6 Å². The molecule has 28 heavy (non-hydrogen) atoms. The van der Waals surface area contributed by atoms with Crippen molar-refractivity contribution in [2.75, 3.05) is 6.61 Å². The number of nitrogens with one attached hydrogen (secondary N) is 2. The minimum atomic E-state index is -0.643. The Kier molecular flexibility index (Phi) is 5.23. The number of para-hydroxylation sites is 1. The second-order valence-corrected chi connectivity index (χ2v) is 7.36. The lowest BCUT2D eigenvalue weighted by Gasteiger charge is -2.15. The summed E-state index contributed by atoms with van der Waals surface area (Å²) < 4.78 is 5.27. The maximum atomic E-state index is 12.9. The lowest BCUT2D eigenvalue weighted by molar-refractivity contribution is -0.123. The molecule has 0 bridgehead atoms. The number of nitrogens with zero attached hydrogens (tertiary/aromatic N) is 1. The molecule has 1 saturated carbocycles. The number of carbonyl (C=O) groups is 3. The number of urea groups is 1. The Bertz CT molecular complexity index is 937. The fraction of sp³-hybridized carbons (Fsp3) is 0.429. The fourth-order valence-corrected chi connectivity index (χ4v) is 3.60. The molecule has 2 aromatic rings. The Morgan fingerprint density at radius 2 is 1.86 bits per heavy atom. The van der Waals surface area contributed by atoms with Gasteiger partial charge in [0.25, 0.3) is 5.91 Å². The number of hydrogen-bond acceptors (Lipinski definition) is 5. The first kappa shape index (κ1) is 18.4. The Balaban J connectivity index is 1.52. The summed E-state index contributed by atoms with van der Waals surface area (Å²) in [4.78, 5) is 41.2. The summed E-state index contributed by atoms with van der Waals surface area (Å²) in [6, 6.07) is 7.08. The number of benzene rings is 1. The predicted octanol–water partition coefficient (Wildman–Crippen LogP) is 2.65. The molecule has 4 rings (SSSR count). The predicted molar refractivity (Wildman–Crippen MR) is 103 cm³/mol. The zero-order valence-corrected chi connectivity index (χ0v) is 15.6. The number of rotatable bonds is 4. The smallest absolute Gasteiger partial charge is 0.339 e. The highest BCUT2D eigenvalue weighted by Gasteiger charge is 2.25. The topological polar surface area (TPSA) is 97.4 Å². The summed E-state index contributed by atoms with van der Waals surface area (Å²) >= 11 is 0. The molecule has 2 aliphatic rings. The summed E-state index contributed by atoms with van der Waals surface area (Å²) in [5.74, 6) is -1.19. The number of pyridine rings is 1. The van der Waals surface area contributed by atoms with Crippen LogP contribution in [0.25, 0.3) is 10.9 Å². The maximum Gasteiger partial charge on any atom is 0.339 e. The molecule has 0 saturated heterocycles. The molecule has 0 aliphatic heterocycles. The number of aryl methyl sites for hydroxylation is 1. The molecule has 0 spiro atoms. The average molecular weight is 381 g/mol. The quantitative estimate of drug-likeness (QED) is 0.627. The molecule has 1 aromatic heterocycles. The number of ether oxygens (including phenoxy) is 1. The molecular formula is C21H23N3O4. The van der Waals surface area contributed by atoms with Crippen LogP contribution in [0.1, 0.15) is 53.7 Å². The van der Waals surface area contributed by atoms with E-state index >= 15 is 0 Å². The van der Waals surface area contributed by atoms with Gasteiger partial charge in [-0.1, -0.05) is 24.6 Å². The third kappa shape index (κ3) is 4.13. The van der Waals surface area contributed by atoms with Crippen LogP contribution in [-0.2, 0) is 22.4 Å². The van der Waals surface area contributed by atoms with Gasteiger partial charge in [0.2, 0.25) is 0 Å². The van der Waals surface area contributed by atoms with E-state index in [0.29, 0.717) is 5.56 Å². The van der Waals surface area contributed by atoms with Crippen LogP contribution in [0.15, 0.2) is 24.3 Å². The number of hydrogen-bond donors (Lipinski definition) is 2. The van der Waals surface area contributed by atoms with E-state index in [9.17, 15) is 14.4 Å². The van der Waals surface area contributed by atoms with E-state index in [4.69, 9.17) is 9.72 Å². The second kappa shape index (κ2) is 7.96. The zero-order chi connectivity index (χ0) is 19.5. The van der Waals surface area contributed by atoms with Crippen LogP contribution in [0.2, 0.25) is 0 Å². The molecule has 2 aliphatic carbocycles. The van der Waals surface area contributed by atoms with Crippen molar-refractivity contribution in [3.63, 3.8) is 0 Å². The van der Waals surface area contributed by atoms with Crippen molar-refractivity contribution in [2.24, 2.45) is 0 Å². The maximum absolute atomic E-state index is 12.9. The lowest BCUT2D eigenvalue weighted by Crippen LogP contribution is -2.42. The molecule has 146 valence electrons. The highest BCUT2D eigenvalue weighted by Crippen LogP contribution is 2.29. The molecule has 1 fully saturated rings. The van der Waals surface area contributed by atoms with Gasteiger partial charge in [0.05, 0.1) is 11.1 Å². The van der Waals surface area contributed by atoms with E-state index in [1.165, 1.54) is 0 Å². The monoisotopic (exact) mass is 381 g/mol. The average Bonchev–Trinajstić information content (AvgIpc) is 3.51. The van der Waals surface area contributed by atoms with Gasteiger partial charge in [-0.25, -0.2) is 9.59 Å². The Morgan fingerprint density at radius 3 is 2.68 bits per heavy atom. The van der Waals surface area contributed by atoms with E-state index in [2.05, 4.69) is 10.6 Å². The number of aromatic nitrogens is 1. The van der Waals surface area contributed by atoms with Crippen LogP contribution in [-0.4, -0.2) is 35.5 Å². The standard InChI is InChI=1S/C21H23N3O4/c25-18(24-21(27)22-13-10-11-13)12-28-20(26)19-14-6-2-1-3-8-16(14)23-17-9-5-4-7-15(17)19/h4-5,7,9,13H,1-3,6,8,10-12H2,(H2,22,24,25,27). The van der Waals surface area contributed by atoms with Crippen molar-refractivity contribution < 1.29 is 19.1 Å². The Hall–Kier alpha value is -2.96. The molecule has 7 heteroatoms. The molecule has 0 atom stereocenters.